The number of carbonyl (C=O) groups excluding carboxylic acids is 2. The first kappa shape index (κ1) is 20.6. The van der Waals surface area contributed by atoms with Gasteiger partial charge < -0.3 is 9.80 Å². The lowest BCUT2D eigenvalue weighted by Gasteiger charge is -2.37. The first-order valence-corrected chi connectivity index (χ1v) is 11.1. The maximum absolute atomic E-state index is 13.1. The summed E-state index contributed by atoms with van der Waals surface area (Å²) < 4.78 is 1.98. The number of rotatable bonds is 7. The molecule has 2 saturated heterocycles. The van der Waals surface area contributed by atoms with Crippen LogP contribution in [0.5, 0.6) is 0 Å². The van der Waals surface area contributed by atoms with E-state index < -0.39 is 0 Å². The van der Waals surface area contributed by atoms with E-state index in [9.17, 15) is 9.59 Å². The molecular formula is C23H31N5O2. The molecule has 4 heterocycles. The van der Waals surface area contributed by atoms with Crippen molar-refractivity contribution in [2.45, 2.75) is 45.1 Å². The molecule has 2 aromatic heterocycles. The fourth-order valence-electron chi connectivity index (χ4n) is 4.58. The monoisotopic (exact) mass is 409 g/mol. The third-order valence-corrected chi connectivity index (χ3v) is 6.47. The highest BCUT2D eigenvalue weighted by molar-refractivity contribution is 5.84. The van der Waals surface area contributed by atoms with E-state index in [2.05, 4.69) is 10.1 Å². The second-order valence-electron chi connectivity index (χ2n) is 8.47. The second kappa shape index (κ2) is 9.87. The first-order chi connectivity index (χ1) is 14.7. The van der Waals surface area contributed by atoms with Gasteiger partial charge in [0.25, 0.3) is 0 Å². The largest absolute Gasteiger partial charge is 0.342 e. The number of amides is 2. The lowest BCUT2D eigenvalue weighted by atomic mass is 9.91. The average Bonchev–Trinajstić information content (AvgIpc) is 3.31. The van der Waals surface area contributed by atoms with E-state index in [0.717, 1.165) is 51.0 Å². The van der Waals surface area contributed by atoms with Gasteiger partial charge in [0.05, 0.1) is 5.92 Å². The van der Waals surface area contributed by atoms with Crippen LogP contribution in [0.25, 0.3) is 0 Å². The lowest BCUT2D eigenvalue weighted by molar-refractivity contribution is -0.144. The maximum Gasteiger partial charge on any atom is 0.227 e. The molecule has 30 heavy (non-hydrogen) atoms. The molecule has 0 aromatic carbocycles. The first-order valence-electron chi connectivity index (χ1n) is 11.1. The molecule has 2 amide bonds. The summed E-state index contributed by atoms with van der Waals surface area (Å²) in [5.74, 6) is 0.983. The van der Waals surface area contributed by atoms with E-state index in [-0.39, 0.29) is 17.7 Å². The Hall–Kier alpha value is -2.70. The molecule has 0 N–H and O–H groups in total. The van der Waals surface area contributed by atoms with Crippen molar-refractivity contribution in [3.63, 3.8) is 0 Å². The molecule has 0 aliphatic carbocycles. The summed E-state index contributed by atoms with van der Waals surface area (Å²) >= 11 is 0. The van der Waals surface area contributed by atoms with Gasteiger partial charge in [-0.05, 0) is 49.8 Å². The van der Waals surface area contributed by atoms with Crippen LogP contribution in [0.3, 0.4) is 0 Å². The Labute approximate surface area is 178 Å². The van der Waals surface area contributed by atoms with Crippen LogP contribution < -0.4 is 0 Å². The molecule has 4 rings (SSSR count). The number of aryl methyl sites for hydroxylation is 1. The third-order valence-electron chi connectivity index (χ3n) is 6.47. The molecule has 0 saturated carbocycles. The van der Waals surface area contributed by atoms with Crippen LogP contribution in [0.1, 0.15) is 37.8 Å². The van der Waals surface area contributed by atoms with Crippen molar-refractivity contribution in [3.8, 4) is 0 Å². The molecule has 0 unspecified atom stereocenters. The van der Waals surface area contributed by atoms with Crippen molar-refractivity contribution in [1.29, 1.82) is 0 Å². The van der Waals surface area contributed by atoms with E-state index in [4.69, 9.17) is 0 Å². The minimum atomic E-state index is -0.0629. The molecule has 7 nitrogen and oxygen atoms in total. The number of hydrogen-bond acceptors (Lipinski definition) is 4. The van der Waals surface area contributed by atoms with Crippen LogP contribution in [-0.2, 0) is 22.6 Å². The Morgan fingerprint density at radius 1 is 1.07 bits per heavy atom. The van der Waals surface area contributed by atoms with Crippen molar-refractivity contribution in [2.75, 3.05) is 26.2 Å². The van der Waals surface area contributed by atoms with Crippen LogP contribution >= 0.6 is 0 Å². The molecule has 2 aliphatic rings. The van der Waals surface area contributed by atoms with Gasteiger partial charge in [-0.3, -0.25) is 19.3 Å². The van der Waals surface area contributed by atoms with Crippen molar-refractivity contribution in [1.82, 2.24) is 24.6 Å². The van der Waals surface area contributed by atoms with Crippen LogP contribution in [0.4, 0.5) is 0 Å². The van der Waals surface area contributed by atoms with E-state index in [1.165, 1.54) is 0 Å². The van der Waals surface area contributed by atoms with Crippen LogP contribution in [0.2, 0.25) is 0 Å². The molecule has 0 bridgehead atoms. The van der Waals surface area contributed by atoms with Gasteiger partial charge in [0, 0.05) is 69.8 Å². The molecular weight excluding hydrogens is 378 g/mol. The van der Waals surface area contributed by atoms with Gasteiger partial charge in [-0.25, -0.2) is 0 Å². The van der Waals surface area contributed by atoms with Crippen LogP contribution in [-0.4, -0.2) is 62.6 Å². The van der Waals surface area contributed by atoms with Crippen molar-refractivity contribution < 1.29 is 9.59 Å². The molecule has 1 atom stereocenters. The summed E-state index contributed by atoms with van der Waals surface area (Å²) in [6.07, 6.45) is 10.7. The van der Waals surface area contributed by atoms with Gasteiger partial charge in [-0.15, -0.1) is 0 Å². The number of nitrogens with zero attached hydrogens (tertiary/aromatic N) is 5. The third kappa shape index (κ3) is 5.26. The number of piperidine rings is 2. The van der Waals surface area contributed by atoms with Gasteiger partial charge in [0.15, 0.2) is 0 Å². The smallest absolute Gasteiger partial charge is 0.227 e. The Kier molecular flexibility index (Phi) is 6.77. The lowest BCUT2D eigenvalue weighted by Crippen LogP contribution is -2.49. The fraction of sp³-hybridized carbons (Fsp3) is 0.565. The minimum absolute atomic E-state index is 0.0629. The topological polar surface area (TPSA) is 71.3 Å². The predicted molar refractivity (Wildman–Crippen MR) is 113 cm³/mol. The molecule has 2 aliphatic heterocycles. The van der Waals surface area contributed by atoms with Crippen molar-refractivity contribution in [3.05, 3.63) is 48.5 Å². The van der Waals surface area contributed by atoms with E-state index in [1.807, 2.05) is 51.1 Å². The minimum Gasteiger partial charge on any atom is -0.342 e. The zero-order valence-corrected chi connectivity index (χ0v) is 17.5. The van der Waals surface area contributed by atoms with Gasteiger partial charge >= 0.3 is 0 Å². The Morgan fingerprint density at radius 2 is 1.93 bits per heavy atom. The molecule has 2 aromatic rings. The highest BCUT2D eigenvalue weighted by atomic mass is 16.2. The standard InChI is InChI=1S/C23H31N5O2/c29-22-6-5-20(18-27(22)16-10-21-4-1-2-11-24-21)23(30)26-14-7-19(8-15-26)9-17-28-13-3-12-25-28/h1-4,11-13,19-20H,5-10,14-18H2/t20-/m1/s1. The molecule has 160 valence electrons. The van der Waals surface area contributed by atoms with E-state index in [1.54, 1.807) is 6.20 Å². The highest BCUT2D eigenvalue weighted by Crippen LogP contribution is 2.25. The molecule has 2 fully saturated rings. The zero-order valence-electron chi connectivity index (χ0n) is 17.5. The predicted octanol–water partition coefficient (Wildman–Crippen LogP) is 2.39. The normalized spacial score (nSPS) is 20.5. The van der Waals surface area contributed by atoms with E-state index in [0.29, 0.717) is 31.8 Å². The Bertz CT molecular complexity index is 815. The van der Waals surface area contributed by atoms with Crippen molar-refractivity contribution >= 4 is 11.8 Å². The maximum atomic E-state index is 13.1. The van der Waals surface area contributed by atoms with Crippen LogP contribution in [0.15, 0.2) is 42.9 Å². The van der Waals surface area contributed by atoms with Gasteiger partial charge in [0.1, 0.15) is 0 Å². The van der Waals surface area contributed by atoms with E-state index >= 15 is 0 Å². The number of aromatic nitrogens is 3. The number of likely N-dealkylation sites (tertiary alicyclic amines) is 2. The van der Waals surface area contributed by atoms with Gasteiger partial charge in [-0.1, -0.05) is 6.07 Å². The average molecular weight is 410 g/mol. The summed E-state index contributed by atoms with van der Waals surface area (Å²) in [4.78, 5) is 33.7. The molecule has 7 heteroatoms. The number of hydrogen-bond donors (Lipinski definition) is 0. The Morgan fingerprint density at radius 3 is 2.67 bits per heavy atom. The molecule has 0 radical (unpaired) electrons. The fourth-order valence-corrected chi connectivity index (χ4v) is 4.58. The van der Waals surface area contributed by atoms with Crippen LogP contribution in [0, 0.1) is 11.8 Å². The zero-order chi connectivity index (χ0) is 20.8. The van der Waals surface area contributed by atoms with Gasteiger partial charge in [0.2, 0.25) is 11.8 Å². The number of carbonyl (C=O) groups is 2. The van der Waals surface area contributed by atoms with Gasteiger partial charge in [-0.2, -0.15) is 5.10 Å². The summed E-state index contributed by atoms with van der Waals surface area (Å²) in [5.41, 5.74) is 0.982. The number of pyridine rings is 1. The summed E-state index contributed by atoms with van der Waals surface area (Å²) in [6, 6.07) is 7.79. The Balaban J connectivity index is 1.23. The highest BCUT2D eigenvalue weighted by Gasteiger charge is 2.34. The SMILES string of the molecule is O=C1CC[C@@H](C(=O)N2CCC(CCn3cccn3)CC2)CN1CCc1ccccn1. The molecule has 0 spiro atoms. The summed E-state index contributed by atoms with van der Waals surface area (Å²) in [5, 5.41) is 4.27. The second-order valence-corrected chi connectivity index (χ2v) is 8.47. The summed E-state index contributed by atoms with van der Waals surface area (Å²) in [6.45, 7) is 3.79. The quantitative estimate of drug-likeness (QED) is 0.704. The van der Waals surface area contributed by atoms with Crippen molar-refractivity contribution in [2.24, 2.45) is 11.8 Å². The summed E-state index contributed by atoms with van der Waals surface area (Å²) in [7, 11) is 0.